The number of aliphatic hydroxyl groups excluding tert-OH is 1. The number of nitrogens with one attached hydrogen (secondary N) is 2. The second-order valence-electron chi connectivity index (χ2n) is 5.35. The lowest BCUT2D eigenvalue weighted by molar-refractivity contribution is -0.130. The standard InChI is InChI=1S/C15H19N3O6/c19-8-11(15(21)17-18-3-5-22-6-4-18)16-14(20)10-1-2-12-13(7-10)24-9-23-12/h1-2,7,11,19H,3-6,8-9H2,(H,16,20)(H,17,21)/t11-/m0/s1. The van der Waals surface area contributed by atoms with Crippen molar-refractivity contribution in [1.29, 1.82) is 0 Å². The Morgan fingerprint density at radius 2 is 1.96 bits per heavy atom. The van der Waals surface area contributed by atoms with Gasteiger partial charge in [-0.25, -0.2) is 5.01 Å². The molecule has 9 nitrogen and oxygen atoms in total. The second kappa shape index (κ2) is 7.47. The smallest absolute Gasteiger partial charge is 0.259 e. The number of aliphatic hydroxyl groups is 1. The zero-order valence-corrected chi connectivity index (χ0v) is 13.0. The van der Waals surface area contributed by atoms with Crippen LogP contribution in [0.25, 0.3) is 0 Å². The molecule has 9 heteroatoms. The van der Waals surface area contributed by atoms with E-state index in [1.807, 2.05) is 0 Å². The molecule has 1 atom stereocenters. The summed E-state index contributed by atoms with van der Waals surface area (Å²) in [6.07, 6.45) is 0. The summed E-state index contributed by atoms with van der Waals surface area (Å²) in [4.78, 5) is 24.5. The van der Waals surface area contributed by atoms with Crippen LogP contribution in [0.2, 0.25) is 0 Å². The monoisotopic (exact) mass is 337 g/mol. The van der Waals surface area contributed by atoms with E-state index in [1.165, 1.54) is 6.07 Å². The molecule has 2 aliphatic rings. The van der Waals surface area contributed by atoms with Crippen LogP contribution in [-0.2, 0) is 9.53 Å². The maximum Gasteiger partial charge on any atom is 0.259 e. The molecule has 2 amide bonds. The van der Waals surface area contributed by atoms with Crippen LogP contribution in [-0.4, -0.2) is 67.7 Å². The zero-order valence-electron chi connectivity index (χ0n) is 13.0. The molecule has 0 spiro atoms. The third-order valence-electron chi connectivity index (χ3n) is 3.72. The summed E-state index contributed by atoms with van der Waals surface area (Å²) in [6.45, 7) is 1.76. The minimum Gasteiger partial charge on any atom is -0.454 e. The highest BCUT2D eigenvalue weighted by Gasteiger charge is 2.24. The minimum atomic E-state index is -1.05. The Morgan fingerprint density at radius 1 is 1.21 bits per heavy atom. The minimum absolute atomic E-state index is 0.113. The van der Waals surface area contributed by atoms with Gasteiger partial charge in [0.2, 0.25) is 6.79 Å². The molecule has 3 N–H and O–H groups in total. The molecule has 2 aliphatic heterocycles. The van der Waals surface area contributed by atoms with E-state index in [4.69, 9.17) is 14.2 Å². The molecule has 0 aromatic heterocycles. The van der Waals surface area contributed by atoms with Crippen molar-refractivity contribution in [1.82, 2.24) is 15.8 Å². The van der Waals surface area contributed by atoms with Gasteiger partial charge in [0.25, 0.3) is 11.8 Å². The number of rotatable bonds is 5. The van der Waals surface area contributed by atoms with Crippen molar-refractivity contribution in [2.24, 2.45) is 0 Å². The third kappa shape index (κ3) is 3.75. The number of hydrogen-bond donors (Lipinski definition) is 3. The van der Waals surface area contributed by atoms with Crippen molar-refractivity contribution in [2.75, 3.05) is 39.7 Å². The predicted molar refractivity (Wildman–Crippen MR) is 81.4 cm³/mol. The highest BCUT2D eigenvalue weighted by molar-refractivity contribution is 5.98. The molecule has 0 saturated carbocycles. The molecule has 1 saturated heterocycles. The number of carbonyl (C=O) groups is 2. The molecular weight excluding hydrogens is 318 g/mol. The third-order valence-corrected chi connectivity index (χ3v) is 3.72. The average molecular weight is 337 g/mol. The molecule has 0 aliphatic carbocycles. The molecule has 130 valence electrons. The lowest BCUT2D eigenvalue weighted by Gasteiger charge is -2.28. The Morgan fingerprint density at radius 3 is 2.71 bits per heavy atom. The van der Waals surface area contributed by atoms with Gasteiger partial charge in [-0.05, 0) is 18.2 Å². The van der Waals surface area contributed by atoms with Gasteiger partial charge < -0.3 is 24.6 Å². The summed E-state index contributed by atoms with van der Waals surface area (Å²) >= 11 is 0. The average Bonchev–Trinajstić information content (AvgIpc) is 3.07. The molecule has 0 unspecified atom stereocenters. The van der Waals surface area contributed by atoms with E-state index in [0.29, 0.717) is 43.4 Å². The number of carbonyl (C=O) groups excluding carboxylic acids is 2. The number of nitrogens with zero attached hydrogens (tertiary/aromatic N) is 1. The highest BCUT2D eigenvalue weighted by Crippen LogP contribution is 2.32. The van der Waals surface area contributed by atoms with Crippen molar-refractivity contribution in [3.8, 4) is 11.5 Å². The number of benzene rings is 1. The van der Waals surface area contributed by atoms with E-state index < -0.39 is 24.5 Å². The molecule has 0 bridgehead atoms. The zero-order chi connectivity index (χ0) is 16.9. The number of morpholine rings is 1. The van der Waals surface area contributed by atoms with E-state index in [-0.39, 0.29) is 6.79 Å². The molecule has 0 radical (unpaired) electrons. The first-order chi connectivity index (χ1) is 11.7. The van der Waals surface area contributed by atoms with Gasteiger partial charge >= 0.3 is 0 Å². The number of ether oxygens (including phenoxy) is 3. The summed E-state index contributed by atoms with van der Waals surface area (Å²) < 4.78 is 15.6. The van der Waals surface area contributed by atoms with E-state index in [0.717, 1.165) is 0 Å². The highest BCUT2D eigenvalue weighted by atomic mass is 16.7. The fourth-order valence-electron chi connectivity index (χ4n) is 2.38. The van der Waals surface area contributed by atoms with Crippen molar-refractivity contribution in [2.45, 2.75) is 6.04 Å². The predicted octanol–water partition coefficient (Wildman–Crippen LogP) is -1.13. The number of amides is 2. The van der Waals surface area contributed by atoms with Crippen LogP contribution in [0.1, 0.15) is 10.4 Å². The van der Waals surface area contributed by atoms with E-state index >= 15 is 0 Å². The van der Waals surface area contributed by atoms with E-state index in [2.05, 4.69) is 10.7 Å². The van der Waals surface area contributed by atoms with Crippen LogP contribution in [0.3, 0.4) is 0 Å². The molecular formula is C15H19N3O6. The summed E-state index contributed by atoms with van der Waals surface area (Å²) in [5.74, 6) is 0.0780. The molecule has 1 aromatic rings. The quantitative estimate of drug-likeness (QED) is 0.624. The van der Waals surface area contributed by atoms with Crippen LogP contribution in [0.4, 0.5) is 0 Å². The fraction of sp³-hybridized carbons (Fsp3) is 0.467. The van der Waals surface area contributed by atoms with Gasteiger partial charge in [-0.1, -0.05) is 0 Å². The molecule has 2 heterocycles. The Labute approximate surface area is 138 Å². The van der Waals surface area contributed by atoms with Gasteiger partial charge in [-0.3, -0.25) is 15.0 Å². The summed E-state index contributed by atoms with van der Waals surface area (Å²) in [5.41, 5.74) is 2.98. The maximum atomic E-state index is 12.3. The van der Waals surface area contributed by atoms with Crippen molar-refractivity contribution < 1.29 is 28.9 Å². The van der Waals surface area contributed by atoms with Gasteiger partial charge in [-0.15, -0.1) is 0 Å². The van der Waals surface area contributed by atoms with Gasteiger partial charge in [0, 0.05) is 18.7 Å². The number of hydrogen-bond acceptors (Lipinski definition) is 7. The second-order valence-corrected chi connectivity index (χ2v) is 5.35. The Balaban J connectivity index is 1.59. The fourth-order valence-corrected chi connectivity index (χ4v) is 2.38. The number of fused-ring (bicyclic) bond motifs is 1. The normalized spacial score (nSPS) is 18.0. The van der Waals surface area contributed by atoms with E-state index in [1.54, 1.807) is 17.1 Å². The van der Waals surface area contributed by atoms with Gasteiger partial charge in [0.1, 0.15) is 6.04 Å². The van der Waals surface area contributed by atoms with Gasteiger partial charge in [0.15, 0.2) is 11.5 Å². The first-order valence-electron chi connectivity index (χ1n) is 7.62. The van der Waals surface area contributed by atoms with E-state index in [9.17, 15) is 14.7 Å². The van der Waals surface area contributed by atoms with Crippen molar-refractivity contribution in [3.63, 3.8) is 0 Å². The molecule has 1 aromatic carbocycles. The number of hydrazine groups is 1. The summed E-state index contributed by atoms with van der Waals surface area (Å²) in [7, 11) is 0. The Bertz CT molecular complexity index is 617. The van der Waals surface area contributed by atoms with Crippen LogP contribution < -0.4 is 20.2 Å². The van der Waals surface area contributed by atoms with Gasteiger partial charge in [0.05, 0.1) is 19.8 Å². The van der Waals surface area contributed by atoms with Crippen LogP contribution in [0, 0.1) is 0 Å². The summed E-state index contributed by atoms with van der Waals surface area (Å²) in [5, 5.41) is 13.6. The topological polar surface area (TPSA) is 109 Å². The lowest BCUT2D eigenvalue weighted by Crippen LogP contribution is -2.56. The SMILES string of the molecule is O=C(N[C@@H](CO)C(=O)NN1CCOCC1)c1ccc2c(c1)OCO2. The van der Waals surface area contributed by atoms with Crippen LogP contribution in [0.15, 0.2) is 18.2 Å². The van der Waals surface area contributed by atoms with Crippen molar-refractivity contribution in [3.05, 3.63) is 23.8 Å². The molecule has 3 rings (SSSR count). The molecule has 24 heavy (non-hydrogen) atoms. The Hall–Kier alpha value is -2.36. The first kappa shape index (κ1) is 16.5. The Kier molecular flexibility index (Phi) is 5.14. The molecule has 1 fully saturated rings. The summed E-state index contributed by atoms with van der Waals surface area (Å²) in [6, 6.07) is 3.67. The maximum absolute atomic E-state index is 12.3. The van der Waals surface area contributed by atoms with Gasteiger partial charge in [-0.2, -0.15) is 0 Å². The lowest BCUT2D eigenvalue weighted by atomic mass is 10.1. The van der Waals surface area contributed by atoms with Crippen LogP contribution >= 0.6 is 0 Å². The largest absolute Gasteiger partial charge is 0.454 e. The van der Waals surface area contributed by atoms with Crippen molar-refractivity contribution >= 4 is 11.8 Å². The van der Waals surface area contributed by atoms with Crippen LogP contribution in [0.5, 0.6) is 11.5 Å². The first-order valence-corrected chi connectivity index (χ1v) is 7.62.